The van der Waals surface area contributed by atoms with Gasteiger partial charge in [0.15, 0.2) is 5.78 Å². The monoisotopic (exact) mass is 274 g/mol. The van der Waals surface area contributed by atoms with Gasteiger partial charge in [-0.3, -0.25) is 4.79 Å². The molecule has 0 aliphatic heterocycles. The topological polar surface area (TPSA) is 43.4 Å². The molecule has 0 saturated carbocycles. The zero-order valence-corrected chi connectivity index (χ0v) is 12.3. The number of Topliss-reactive ketones (excluding diaryl/α,β-unsaturated/α-hetero) is 1. The van der Waals surface area contributed by atoms with Gasteiger partial charge in [0.25, 0.3) is 0 Å². The summed E-state index contributed by atoms with van der Waals surface area (Å²) in [5.74, 6) is -0.178. The molecule has 0 aromatic heterocycles. The molecule has 3 nitrogen and oxygen atoms in total. The number of benzene rings is 1. The molecule has 1 unspecified atom stereocenters. The maximum atomic E-state index is 12.2. The molecule has 2 rings (SSSR count). The number of unbranched alkanes of at least 4 members (excludes halogenated alkanes) is 1. The lowest BCUT2D eigenvalue weighted by atomic mass is 10.1. The Hall–Kier alpha value is -1.64. The van der Waals surface area contributed by atoms with Gasteiger partial charge >= 0.3 is 5.97 Å². The maximum Gasteiger partial charge on any atom is 0.338 e. The Morgan fingerprint density at radius 1 is 1.30 bits per heavy atom. The summed E-state index contributed by atoms with van der Waals surface area (Å²) in [7, 11) is 0. The fourth-order valence-electron chi connectivity index (χ4n) is 2.56. The van der Waals surface area contributed by atoms with Crippen LogP contribution < -0.4 is 0 Å². The lowest BCUT2D eigenvalue weighted by molar-refractivity contribution is 0.0268. The minimum Gasteiger partial charge on any atom is -0.459 e. The first-order chi connectivity index (χ1) is 9.65. The third-order valence-electron chi connectivity index (χ3n) is 3.88. The Kier molecular flexibility index (Phi) is 4.94. The molecular weight excluding hydrogens is 252 g/mol. The highest BCUT2D eigenvalue weighted by molar-refractivity contribution is 6.02. The van der Waals surface area contributed by atoms with E-state index in [4.69, 9.17) is 4.74 Å². The number of hydrogen-bond acceptors (Lipinski definition) is 3. The normalized spacial score (nSPS) is 15.0. The lowest BCUT2D eigenvalue weighted by Gasteiger charge is -2.16. The van der Waals surface area contributed by atoms with Gasteiger partial charge in [0, 0.05) is 12.0 Å². The van der Waals surface area contributed by atoms with Crippen molar-refractivity contribution in [1.29, 1.82) is 0 Å². The number of aryl methyl sites for hydroxylation is 1. The third-order valence-corrected chi connectivity index (χ3v) is 3.88. The van der Waals surface area contributed by atoms with Crippen LogP contribution in [0.1, 0.15) is 72.2 Å². The second-order valence-electron chi connectivity index (χ2n) is 5.37. The van der Waals surface area contributed by atoms with Crippen molar-refractivity contribution in [3.05, 3.63) is 34.9 Å². The van der Waals surface area contributed by atoms with Gasteiger partial charge in [0.1, 0.15) is 6.10 Å². The number of hydrogen-bond donors (Lipinski definition) is 0. The average molecular weight is 274 g/mol. The first-order valence-corrected chi connectivity index (χ1v) is 7.52. The molecule has 20 heavy (non-hydrogen) atoms. The minimum absolute atomic E-state index is 0.0218. The molecule has 0 fully saturated rings. The van der Waals surface area contributed by atoms with Gasteiger partial charge < -0.3 is 4.74 Å². The van der Waals surface area contributed by atoms with Crippen LogP contribution in [0.4, 0.5) is 0 Å². The smallest absolute Gasteiger partial charge is 0.338 e. The van der Waals surface area contributed by atoms with Crippen molar-refractivity contribution in [1.82, 2.24) is 0 Å². The second kappa shape index (κ2) is 6.69. The quantitative estimate of drug-likeness (QED) is 0.738. The molecule has 3 heteroatoms. The van der Waals surface area contributed by atoms with Crippen molar-refractivity contribution in [2.45, 2.75) is 58.5 Å². The molecule has 0 bridgehead atoms. The summed E-state index contributed by atoms with van der Waals surface area (Å²) in [6, 6.07) is 5.34. The number of rotatable bonds is 6. The van der Waals surface area contributed by atoms with Gasteiger partial charge in [-0.15, -0.1) is 0 Å². The van der Waals surface area contributed by atoms with Gasteiger partial charge in [-0.25, -0.2) is 4.79 Å². The SMILES string of the molecule is CCCCC(CC)OC(=O)c1ccc2c(c1)C(=O)CC2. The first-order valence-electron chi connectivity index (χ1n) is 7.52. The van der Waals surface area contributed by atoms with Gasteiger partial charge in [0.05, 0.1) is 5.56 Å². The Morgan fingerprint density at radius 2 is 2.10 bits per heavy atom. The summed E-state index contributed by atoms with van der Waals surface area (Å²) in [6.45, 7) is 4.15. The summed E-state index contributed by atoms with van der Waals surface area (Å²) in [5.41, 5.74) is 2.24. The molecule has 0 N–H and O–H groups in total. The molecule has 1 aromatic rings. The molecule has 1 atom stereocenters. The molecule has 0 saturated heterocycles. The number of ketones is 1. The van der Waals surface area contributed by atoms with Crippen LogP contribution in [-0.4, -0.2) is 17.9 Å². The fourth-order valence-corrected chi connectivity index (χ4v) is 2.56. The fraction of sp³-hybridized carbons (Fsp3) is 0.529. The number of ether oxygens (including phenoxy) is 1. The van der Waals surface area contributed by atoms with Gasteiger partial charge in [0.2, 0.25) is 0 Å². The predicted molar refractivity (Wildman–Crippen MR) is 78.1 cm³/mol. The van der Waals surface area contributed by atoms with Crippen LogP contribution in [0.5, 0.6) is 0 Å². The van der Waals surface area contributed by atoms with E-state index in [2.05, 4.69) is 6.92 Å². The second-order valence-corrected chi connectivity index (χ2v) is 5.37. The molecule has 0 radical (unpaired) electrons. The highest BCUT2D eigenvalue weighted by Gasteiger charge is 2.22. The van der Waals surface area contributed by atoms with E-state index >= 15 is 0 Å². The van der Waals surface area contributed by atoms with Crippen molar-refractivity contribution in [2.75, 3.05) is 0 Å². The summed E-state index contributed by atoms with van der Waals surface area (Å²) in [5, 5.41) is 0. The molecule has 108 valence electrons. The van der Waals surface area contributed by atoms with Crippen molar-refractivity contribution >= 4 is 11.8 Å². The Morgan fingerprint density at radius 3 is 2.80 bits per heavy atom. The molecule has 1 aromatic carbocycles. The molecule has 1 aliphatic carbocycles. The van der Waals surface area contributed by atoms with Crippen molar-refractivity contribution in [2.24, 2.45) is 0 Å². The van der Waals surface area contributed by atoms with E-state index in [1.807, 2.05) is 13.0 Å². The average Bonchev–Trinajstić information content (AvgIpc) is 2.84. The number of esters is 1. The zero-order valence-electron chi connectivity index (χ0n) is 12.3. The number of carbonyl (C=O) groups is 2. The highest BCUT2D eigenvalue weighted by Crippen LogP contribution is 2.23. The molecule has 1 aliphatic rings. The van der Waals surface area contributed by atoms with Crippen LogP contribution in [0.25, 0.3) is 0 Å². The third kappa shape index (κ3) is 3.27. The van der Waals surface area contributed by atoms with E-state index in [0.717, 1.165) is 37.7 Å². The molecule has 0 spiro atoms. The van der Waals surface area contributed by atoms with E-state index in [9.17, 15) is 9.59 Å². The van der Waals surface area contributed by atoms with E-state index in [0.29, 0.717) is 17.5 Å². The van der Waals surface area contributed by atoms with E-state index in [1.165, 1.54) is 0 Å². The van der Waals surface area contributed by atoms with Crippen molar-refractivity contribution < 1.29 is 14.3 Å². The first kappa shape index (κ1) is 14.8. The highest BCUT2D eigenvalue weighted by atomic mass is 16.5. The zero-order chi connectivity index (χ0) is 14.5. The summed E-state index contributed by atoms with van der Waals surface area (Å²) >= 11 is 0. The minimum atomic E-state index is -0.310. The van der Waals surface area contributed by atoms with Gasteiger partial charge in [-0.05, 0) is 37.0 Å². The van der Waals surface area contributed by atoms with Gasteiger partial charge in [-0.1, -0.05) is 32.8 Å². The van der Waals surface area contributed by atoms with Crippen LogP contribution >= 0.6 is 0 Å². The van der Waals surface area contributed by atoms with Gasteiger partial charge in [-0.2, -0.15) is 0 Å². The molecule has 0 heterocycles. The Labute approximate surface area is 120 Å². The largest absolute Gasteiger partial charge is 0.459 e. The Balaban J connectivity index is 2.06. The predicted octanol–water partition coefficient (Wildman–Crippen LogP) is 3.94. The summed E-state index contributed by atoms with van der Waals surface area (Å²) < 4.78 is 5.53. The number of carbonyl (C=O) groups excluding carboxylic acids is 2. The maximum absolute atomic E-state index is 12.2. The van der Waals surface area contributed by atoms with Crippen LogP contribution in [0.3, 0.4) is 0 Å². The van der Waals surface area contributed by atoms with Crippen LogP contribution in [0, 0.1) is 0 Å². The van der Waals surface area contributed by atoms with Crippen molar-refractivity contribution in [3.63, 3.8) is 0 Å². The van der Waals surface area contributed by atoms with Crippen LogP contribution in [0.15, 0.2) is 18.2 Å². The molecular formula is C17H22O3. The molecule has 0 amide bonds. The van der Waals surface area contributed by atoms with E-state index in [-0.39, 0.29) is 17.9 Å². The van der Waals surface area contributed by atoms with Crippen LogP contribution in [-0.2, 0) is 11.2 Å². The lowest BCUT2D eigenvalue weighted by Crippen LogP contribution is -2.17. The van der Waals surface area contributed by atoms with Crippen molar-refractivity contribution in [3.8, 4) is 0 Å². The standard InChI is InChI=1S/C17H22O3/c1-3-5-6-14(4-2)20-17(19)13-8-7-12-9-10-16(18)15(12)11-13/h7-8,11,14H,3-6,9-10H2,1-2H3. The Bertz CT molecular complexity index is 505. The summed E-state index contributed by atoms with van der Waals surface area (Å²) in [6.07, 6.45) is 5.22. The number of fused-ring (bicyclic) bond motifs is 1. The van der Waals surface area contributed by atoms with E-state index < -0.39 is 0 Å². The van der Waals surface area contributed by atoms with Crippen LogP contribution in [0.2, 0.25) is 0 Å². The van der Waals surface area contributed by atoms with E-state index in [1.54, 1.807) is 12.1 Å². The summed E-state index contributed by atoms with van der Waals surface area (Å²) in [4.78, 5) is 23.9.